The van der Waals surface area contributed by atoms with Crippen LogP contribution in [0.5, 0.6) is 0 Å². The van der Waals surface area contributed by atoms with Crippen molar-refractivity contribution in [1.82, 2.24) is 15.5 Å². The van der Waals surface area contributed by atoms with Crippen LogP contribution in [0.3, 0.4) is 0 Å². The zero-order valence-electron chi connectivity index (χ0n) is 11.3. The molecule has 1 unspecified atom stereocenters. The standard InChI is InChI=1S/C12H27N3O/c1-10(2)11(3)14-12(16)9-13-7-6-8-15(4)5/h10-11,13H,6-9H2,1-5H3,(H,14,16). The summed E-state index contributed by atoms with van der Waals surface area (Å²) in [6, 6.07) is 0.246. The van der Waals surface area contributed by atoms with Gasteiger partial charge in [-0.15, -0.1) is 0 Å². The van der Waals surface area contributed by atoms with Gasteiger partial charge in [0.15, 0.2) is 0 Å². The highest BCUT2D eigenvalue weighted by atomic mass is 16.1. The van der Waals surface area contributed by atoms with Gasteiger partial charge in [-0.2, -0.15) is 0 Å². The van der Waals surface area contributed by atoms with Gasteiger partial charge < -0.3 is 15.5 Å². The molecule has 0 aliphatic heterocycles. The summed E-state index contributed by atoms with van der Waals surface area (Å²) in [4.78, 5) is 13.6. The molecule has 0 radical (unpaired) electrons. The number of hydrogen-bond donors (Lipinski definition) is 2. The largest absolute Gasteiger partial charge is 0.352 e. The molecule has 1 atom stereocenters. The van der Waals surface area contributed by atoms with Crippen molar-refractivity contribution in [1.29, 1.82) is 0 Å². The van der Waals surface area contributed by atoms with E-state index in [-0.39, 0.29) is 11.9 Å². The molecule has 96 valence electrons. The zero-order chi connectivity index (χ0) is 12.6. The third-order valence-electron chi connectivity index (χ3n) is 2.63. The van der Waals surface area contributed by atoms with Crippen LogP contribution in [-0.2, 0) is 4.79 Å². The summed E-state index contributed by atoms with van der Waals surface area (Å²) in [5, 5.41) is 6.11. The van der Waals surface area contributed by atoms with E-state index in [1.165, 1.54) is 0 Å². The van der Waals surface area contributed by atoms with Gasteiger partial charge in [-0.1, -0.05) is 13.8 Å². The molecule has 0 bridgehead atoms. The first-order valence-corrected chi connectivity index (χ1v) is 6.08. The van der Waals surface area contributed by atoms with E-state index in [0.717, 1.165) is 19.5 Å². The van der Waals surface area contributed by atoms with E-state index >= 15 is 0 Å². The lowest BCUT2D eigenvalue weighted by Gasteiger charge is -2.17. The zero-order valence-corrected chi connectivity index (χ0v) is 11.3. The Bertz CT molecular complexity index is 193. The van der Waals surface area contributed by atoms with Gasteiger partial charge >= 0.3 is 0 Å². The molecule has 0 spiro atoms. The van der Waals surface area contributed by atoms with Crippen LogP contribution in [0.4, 0.5) is 0 Å². The summed E-state index contributed by atoms with van der Waals surface area (Å²) in [6.07, 6.45) is 1.07. The smallest absolute Gasteiger partial charge is 0.234 e. The third-order valence-corrected chi connectivity index (χ3v) is 2.63. The lowest BCUT2D eigenvalue weighted by Crippen LogP contribution is -2.41. The van der Waals surface area contributed by atoms with Crippen LogP contribution in [-0.4, -0.2) is 50.6 Å². The van der Waals surface area contributed by atoms with E-state index in [9.17, 15) is 4.79 Å². The number of carbonyl (C=O) groups excluding carboxylic acids is 1. The van der Waals surface area contributed by atoms with Gasteiger partial charge in [-0.3, -0.25) is 4.79 Å². The van der Waals surface area contributed by atoms with Gasteiger partial charge in [0.1, 0.15) is 0 Å². The van der Waals surface area contributed by atoms with Gasteiger partial charge in [0.25, 0.3) is 0 Å². The Kier molecular flexibility index (Phi) is 8.21. The molecule has 4 heteroatoms. The van der Waals surface area contributed by atoms with Crippen molar-refractivity contribution in [2.24, 2.45) is 5.92 Å². The molecule has 0 aliphatic carbocycles. The van der Waals surface area contributed by atoms with Gasteiger partial charge in [-0.25, -0.2) is 0 Å². The minimum Gasteiger partial charge on any atom is -0.352 e. The van der Waals surface area contributed by atoms with E-state index in [4.69, 9.17) is 0 Å². The van der Waals surface area contributed by atoms with Gasteiger partial charge in [0.05, 0.1) is 6.54 Å². The molecule has 0 heterocycles. The number of nitrogens with one attached hydrogen (secondary N) is 2. The predicted molar refractivity (Wildman–Crippen MR) is 68.5 cm³/mol. The number of nitrogens with zero attached hydrogens (tertiary/aromatic N) is 1. The minimum atomic E-state index is 0.0889. The minimum absolute atomic E-state index is 0.0889. The second-order valence-corrected chi connectivity index (χ2v) is 4.93. The maximum absolute atomic E-state index is 11.5. The Hall–Kier alpha value is -0.610. The molecule has 0 saturated carbocycles. The predicted octanol–water partition coefficient (Wildman–Crippen LogP) is 0.688. The van der Waals surface area contributed by atoms with Crippen molar-refractivity contribution in [3.63, 3.8) is 0 Å². The molecular weight excluding hydrogens is 202 g/mol. The Morgan fingerprint density at radius 1 is 1.25 bits per heavy atom. The highest BCUT2D eigenvalue weighted by Gasteiger charge is 2.09. The molecule has 0 aromatic heterocycles. The van der Waals surface area contributed by atoms with Crippen LogP contribution in [0.1, 0.15) is 27.2 Å². The molecule has 0 aromatic carbocycles. The first-order chi connectivity index (χ1) is 7.43. The summed E-state index contributed by atoms with van der Waals surface area (Å²) in [6.45, 7) is 8.61. The number of hydrogen-bond acceptors (Lipinski definition) is 3. The highest BCUT2D eigenvalue weighted by Crippen LogP contribution is 1.98. The maximum atomic E-state index is 11.5. The van der Waals surface area contributed by atoms with Crippen molar-refractivity contribution < 1.29 is 4.79 Å². The molecule has 1 amide bonds. The fourth-order valence-corrected chi connectivity index (χ4v) is 1.19. The Balaban J connectivity index is 3.44. The first-order valence-electron chi connectivity index (χ1n) is 6.08. The highest BCUT2D eigenvalue weighted by molar-refractivity contribution is 5.78. The summed E-state index contributed by atoms with van der Waals surface area (Å²) in [5.74, 6) is 0.573. The Labute approximate surface area is 99.8 Å². The van der Waals surface area contributed by atoms with Crippen LogP contribution < -0.4 is 10.6 Å². The third kappa shape index (κ3) is 8.68. The van der Waals surface area contributed by atoms with Crippen molar-refractivity contribution in [2.75, 3.05) is 33.7 Å². The van der Waals surface area contributed by atoms with E-state index in [1.54, 1.807) is 0 Å². The van der Waals surface area contributed by atoms with E-state index < -0.39 is 0 Å². The van der Waals surface area contributed by atoms with Crippen LogP contribution >= 0.6 is 0 Å². The summed E-state index contributed by atoms with van der Waals surface area (Å²) < 4.78 is 0. The molecule has 4 nitrogen and oxygen atoms in total. The summed E-state index contributed by atoms with van der Waals surface area (Å²) in [7, 11) is 4.11. The average Bonchev–Trinajstić information content (AvgIpc) is 2.16. The van der Waals surface area contributed by atoms with Gasteiger partial charge in [0, 0.05) is 6.04 Å². The molecule has 16 heavy (non-hydrogen) atoms. The van der Waals surface area contributed by atoms with E-state index in [0.29, 0.717) is 12.5 Å². The molecule has 2 N–H and O–H groups in total. The van der Waals surface area contributed by atoms with Crippen LogP contribution in [0.2, 0.25) is 0 Å². The van der Waals surface area contributed by atoms with Crippen molar-refractivity contribution >= 4 is 5.91 Å². The second-order valence-electron chi connectivity index (χ2n) is 4.93. The van der Waals surface area contributed by atoms with Crippen molar-refractivity contribution in [2.45, 2.75) is 33.2 Å². The number of rotatable bonds is 8. The van der Waals surface area contributed by atoms with E-state index in [2.05, 4.69) is 43.5 Å². The number of amides is 1. The van der Waals surface area contributed by atoms with Crippen LogP contribution in [0, 0.1) is 5.92 Å². The monoisotopic (exact) mass is 229 g/mol. The summed E-state index contributed by atoms with van der Waals surface area (Å²) in [5.41, 5.74) is 0. The van der Waals surface area contributed by atoms with Crippen molar-refractivity contribution in [3.8, 4) is 0 Å². The Morgan fingerprint density at radius 3 is 2.38 bits per heavy atom. The quantitative estimate of drug-likeness (QED) is 0.602. The van der Waals surface area contributed by atoms with Gasteiger partial charge in [0.2, 0.25) is 5.91 Å². The second kappa shape index (κ2) is 8.53. The van der Waals surface area contributed by atoms with Crippen LogP contribution in [0.25, 0.3) is 0 Å². The average molecular weight is 229 g/mol. The molecule has 0 saturated heterocycles. The normalized spacial score (nSPS) is 13.2. The molecular formula is C12H27N3O. The lowest BCUT2D eigenvalue weighted by molar-refractivity contribution is -0.121. The SMILES string of the molecule is CC(C)C(C)NC(=O)CNCCCN(C)C. The number of carbonyl (C=O) groups is 1. The summed E-state index contributed by atoms with van der Waals surface area (Å²) >= 11 is 0. The van der Waals surface area contributed by atoms with Crippen molar-refractivity contribution in [3.05, 3.63) is 0 Å². The maximum Gasteiger partial charge on any atom is 0.234 e. The molecule has 0 aliphatic rings. The Morgan fingerprint density at radius 2 is 1.88 bits per heavy atom. The topological polar surface area (TPSA) is 44.4 Å². The van der Waals surface area contributed by atoms with Gasteiger partial charge in [-0.05, 0) is 46.4 Å². The first kappa shape index (κ1) is 15.4. The molecule has 0 rings (SSSR count). The fourth-order valence-electron chi connectivity index (χ4n) is 1.19. The molecule has 0 fully saturated rings. The van der Waals surface area contributed by atoms with E-state index in [1.807, 2.05) is 6.92 Å². The fraction of sp³-hybridized carbons (Fsp3) is 0.917. The lowest BCUT2D eigenvalue weighted by atomic mass is 10.1. The molecule has 0 aromatic rings. The van der Waals surface area contributed by atoms with Crippen LogP contribution in [0.15, 0.2) is 0 Å².